The van der Waals surface area contributed by atoms with E-state index < -0.39 is 10.0 Å². The molecule has 1 aromatic carbocycles. The van der Waals surface area contributed by atoms with Gasteiger partial charge in [-0.15, -0.1) is 0 Å². The highest BCUT2D eigenvalue weighted by Gasteiger charge is 2.19. The van der Waals surface area contributed by atoms with Crippen molar-refractivity contribution >= 4 is 21.6 Å². The van der Waals surface area contributed by atoms with E-state index in [1.54, 1.807) is 13.0 Å². The molecule has 0 spiro atoms. The maximum absolute atomic E-state index is 12.2. The van der Waals surface area contributed by atoms with Gasteiger partial charge in [-0.05, 0) is 36.1 Å². The summed E-state index contributed by atoms with van der Waals surface area (Å²) in [4.78, 5) is 0.205. The summed E-state index contributed by atoms with van der Waals surface area (Å²) < 4.78 is 26.9. The van der Waals surface area contributed by atoms with Gasteiger partial charge in [0.2, 0.25) is 10.0 Å². The van der Waals surface area contributed by atoms with E-state index in [4.69, 9.17) is 17.3 Å². The van der Waals surface area contributed by atoms with E-state index in [0.717, 1.165) is 5.56 Å². The van der Waals surface area contributed by atoms with E-state index in [0.29, 0.717) is 17.1 Å². The maximum Gasteiger partial charge on any atom is 0.240 e. The van der Waals surface area contributed by atoms with Gasteiger partial charge in [0.15, 0.2) is 0 Å². The van der Waals surface area contributed by atoms with Gasteiger partial charge in [0, 0.05) is 18.1 Å². The standard InChI is InChI=1S/C12H19ClN2O2S/c1-8(2)7-15-18(16,17)12-5-11(13)4-10(6-14)9(12)3/h4-5,8,15H,6-7,14H2,1-3H3. The van der Waals surface area contributed by atoms with Crippen LogP contribution in [-0.2, 0) is 16.6 Å². The third-order valence-corrected chi connectivity index (χ3v) is 4.39. The smallest absolute Gasteiger partial charge is 0.240 e. The molecule has 0 fully saturated rings. The van der Waals surface area contributed by atoms with Gasteiger partial charge >= 0.3 is 0 Å². The van der Waals surface area contributed by atoms with E-state index in [1.807, 2.05) is 13.8 Å². The predicted molar refractivity (Wildman–Crippen MR) is 74.1 cm³/mol. The van der Waals surface area contributed by atoms with Crippen LogP contribution in [0.25, 0.3) is 0 Å². The van der Waals surface area contributed by atoms with Crippen LogP contribution in [0, 0.1) is 12.8 Å². The molecule has 1 aromatic rings. The van der Waals surface area contributed by atoms with E-state index in [-0.39, 0.29) is 17.4 Å². The molecule has 0 radical (unpaired) electrons. The molecule has 0 unspecified atom stereocenters. The summed E-state index contributed by atoms with van der Waals surface area (Å²) in [5.74, 6) is 0.244. The van der Waals surface area contributed by atoms with Crippen LogP contribution in [0.4, 0.5) is 0 Å². The van der Waals surface area contributed by atoms with Crippen LogP contribution in [0.15, 0.2) is 17.0 Å². The van der Waals surface area contributed by atoms with Crippen LogP contribution in [-0.4, -0.2) is 15.0 Å². The normalized spacial score (nSPS) is 12.1. The third kappa shape index (κ3) is 3.68. The summed E-state index contributed by atoms with van der Waals surface area (Å²) in [6.45, 7) is 6.28. The highest BCUT2D eigenvalue weighted by Crippen LogP contribution is 2.24. The Balaban J connectivity index is 3.20. The van der Waals surface area contributed by atoms with E-state index in [2.05, 4.69) is 4.72 Å². The summed E-state index contributed by atoms with van der Waals surface area (Å²) >= 11 is 5.92. The van der Waals surface area contributed by atoms with E-state index >= 15 is 0 Å². The molecule has 0 atom stereocenters. The van der Waals surface area contributed by atoms with Crippen molar-refractivity contribution in [1.29, 1.82) is 0 Å². The Labute approximate surface area is 114 Å². The lowest BCUT2D eigenvalue weighted by Gasteiger charge is -2.13. The lowest BCUT2D eigenvalue weighted by Crippen LogP contribution is -2.28. The zero-order valence-electron chi connectivity index (χ0n) is 10.8. The van der Waals surface area contributed by atoms with Crippen molar-refractivity contribution in [3.05, 3.63) is 28.3 Å². The largest absolute Gasteiger partial charge is 0.326 e. The molecule has 0 saturated carbocycles. The number of nitrogens with one attached hydrogen (secondary N) is 1. The van der Waals surface area contributed by atoms with Crippen LogP contribution < -0.4 is 10.5 Å². The molecule has 0 aromatic heterocycles. The van der Waals surface area contributed by atoms with Crippen molar-refractivity contribution in [2.45, 2.75) is 32.2 Å². The lowest BCUT2D eigenvalue weighted by atomic mass is 10.1. The number of halogens is 1. The Bertz CT molecular complexity index is 527. The molecule has 4 nitrogen and oxygen atoms in total. The van der Waals surface area contributed by atoms with Crippen LogP contribution in [0.3, 0.4) is 0 Å². The second-order valence-electron chi connectivity index (χ2n) is 4.64. The SMILES string of the molecule is Cc1c(CN)cc(Cl)cc1S(=O)(=O)NCC(C)C. The Morgan fingerprint density at radius 3 is 2.50 bits per heavy atom. The average molecular weight is 291 g/mol. The average Bonchev–Trinajstić information content (AvgIpc) is 2.29. The van der Waals surface area contributed by atoms with Crippen LogP contribution in [0.1, 0.15) is 25.0 Å². The number of benzene rings is 1. The van der Waals surface area contributed by atoms with Crippen LogP contribution in [0.2, 0.25) is 5.02 Å². The first kappa shape index (κ1) is 15.4. The first-order chi connectivity index (χ1) is 8.27. The Hall–Kier alpha value is -0.620. The van der Waals surface area contributed by atoms with E-state index in [9.17, 15) is 8.42 Å². The molecule has 0 aliphatic rings. The van der Waals surface area contributed by atoms with Crippen molar-refractivity contribution in [3.63, 3.8) is 0 Å². The fourth-order valence-electron chi connectivity index (χ4n) is 1.55. The molecule has 0 bridgehead atoms. The zero-order valence-corrected chi connectivity index (χ0v) is 12.4. The Kier molecular flexibility index (Phi) is 5.16. The fourth-order valence-corrected chi connectivity index (χ4v) is 3.38. The number of sulfonamides is 1. The molecule has 0 saturated heterocycles. The number of nitrogens with two attached hydrogens (primary N) is 1. The van der Waals surface area contributed by atoms with Crippen LogP contribution in [0.5, 0.6) is 0 Å². The second kappa shape index (κ2) is 6.02. The Morgan fingerprint density at radius 2 is 2.00 bits per heavy atom. The molecule has 0 amide bonds. The van der Waals surface area contributed by atoms with Gasteiger partial charge in [0.1, 0.15) is 0 Å². The molecular weight excluding hydrogens is 272 g/mol. The Morgan fingerprint density at radius 1 is 1.39 bits per heavy atom. The molecule has 0 aliphatic heterocycles. The number of rotatable bonds is 5. The summed E-state index contributed by atoms with van der Waals surface area (Å²) in [6.07, 6.45) is 0. The van der Waals surface area contributed by atoms with Gasteiger partial charge in [-0.1, -0.05) is 25.4 Å². The molecule has 0 heterocycles. The highest BCUT2D eigenvalue weighted by molar-refractivity contribution is 7.89. The third-order valence-electron chi connectivity index (χ3n) is 2.62. The minimum Gasteiger partial charge on any atom is -0.326 e. The minimum atomic E-state index is -3.53. The molecule has 3 N–H and O–H groups in total. The molecular formula is C12H19ClN2O2S. The highest BCUT2D eigenvalue weighted by atomic mass is 35.5. The van der Waals surface area contributed by atoms with Gasteiger partial charge < -0.3 is 5.73 Å². The van der Waals surface area contributed by atoms with E-state index in [1.165, 1.54) is 6.07 Å². The number of hydrogen-bond acceptors (Lipinski definition) is 3. The quantitative estimate of drug-likeness (QED) is 0.872. The first-order valence-electron chi connectivity index (χ1n) is 5.76. The number of hydrogen-bond donors (Lipinski definition) is 2. The fraction of sp³-hybridized carbons (Fsp3) is 0.500. The minimum absolute atomic E-state index is 0.205. The topological polar surface area (TPSA) is 72.2 Å². The van der Waals surface area contributed by atoms with Crippen molar-refractivity contribution in [2.75, 3.05) is 6.54 Å². The van der Waals surface area contributed by atoms with Gasteiger partial charge in [-0.3, -0.25) is 0 Å². The van der Waals surface area contributed by atoms with Crippen molar-refractivity contribution < 1.29 is 8.42 Å². The summed E-state index contributed by atoms with van der Waals surface area (Å²) in [5, 5.41) is 0.381. The second-order valence-corrected chi connectivity index (χ2v) is 6.81. The van der Waals surface area contributed by atoms with Crippen molar-refractivity contribution in [3.8, 4) is 0 Å². The lowest BCUT2D eigenvalue weighted by molar-refractivity contribution is 0.559. The molecule has 0 aliphatic carbocycles. The summed E-state index contributed by atoms with van der Waals surface area (Å²) in [5.41, 5.74) is 6.97. The molecule has 18 heavy (non-hydrogen) atoms. The van der Waals surface area contributed by atoms with Gasteiger partial charge in [0.05, 0.1) is 4.90 Å². The zero-order chi connectivity index (χ0) is 13.9. The molecule has 1 rings (SSSR count). The van der Waals surface area contributed by atoms with Crippen molar-refractivity contribution in [1.82, 2.24) is 4.72 Å². The van der Waals surface area contributed by atoms with Gasteiger partial charge in [-0.25, -0.2) is 13.1 Å². The molecule has 102 valence electrons. The van der Waals surface area contributed by atoms with Gasteiger partial charge in [0.25, 0.3) is 0 Å². The predicted octanol–water partition coefficient (Wildman–Crippen LogP) is 2.04. The van der Waals surface area contributed by atoms with Gasteiger partial charge in [-0.2, -0.15) is 0 Å². The maximum atomic E-state index is 12.2. The first-order valence-corrected chi connectivity index (χ1v) is 7.62. The summed E-state index contributed by atoms with van der Waals surface area (Å²) in [6, 6.07) is 3.15. The van der Waals surface area contributed by atoms with Crippen LogP contribution >= 0.6 is 11.6 Å². The molecule has 6 heteroatoms. The summed E-state index contributed by atoms with van der Waals surface area (Å²) in [7, 11) is -3.53. The monoisotopic (exact) mass is 290 g/mol. The van der Waals surface area contributed by atoms with Crippen molar-refractivity contribution in [2.24, 2.45) is 11.7 Å².